The molecule has 0 atom stereocenters. The van der Waals surface area contributed by atoms with Gasteiger partial charge in [-0.3, -0.25) is 14.2 Å². The molecule has 0 radical (unpaired) electrons. The van der Waals surface area contributed by atoms with Crippen molar-refractivity contribution >= 4 is 22.6 Å². The Balaban J connectivity index is 2.07. The number of anilines is 1. The number of likely N-dealkylation sites (N-methyl/N-ethyl adjacent to an activating group) is 1. The number of aryl methyl sites for hydroxylation is 2. The largest absolute Gasteiger partial charge is 0.494 e. The number of amides is 1. The van der Waals surface area contributed by atoms with E-state index in [9.17, 15) is 22.8 Å². The molecule has 1 aromatic heterocycles. The zero-order valence-corrected chi connectivity index (χ0v) is 18.3. The SMILES string of the molecule is CCOc1ccc(N(CC)C(=O)Cn2c(=O)c(C(F)(F)F)nc3cc(C)c(C)cc32)cc1. The maximum absolute atomic E-state index is 13.5. The van der Waals surface area contributed by atoms with Gasteiger partial charge < -0.3 is 9.64 Å². The summed E-state index contributed by atoms with van der Waals surface area (Å²) in [5.41, 5.74) is -0.623. The first kappa shape index (κ1) is 23.3. The van der Waals surface area contributed by atoms with Crippen molar-refractivity contribution in [2.45, 2.75) is 40.4 Å². The number of fused-ring (bicyclic) bond motifs is 1. The smallest absolute Gasteiger partial charge is 0.438 e. The molecule has 0 aliphatic carbocycles. The van der Waals surface area contributed by atoms with E-state index < -0.39 is 29.9 Å². The number of aromatic nitrogens is 2. The van der Waals surface area contributed by atoms with Gasteiger partial charge in [0.1, 0.15) is 12.3 Å². The highest BCUT2D eigenvalue weighted by molar-refractivity contribution is 5.94. The predicted octanol–water partition coefficient (Wildman–Crippen LogP) is 4.48. The number of hydrogen-bond donors (Lipinski definition) is 0. The molecule has 6 nitrogen and oxygen atoms in total. The molecule has 0 aliphatic heterocycles. The van der Waals surface area contributed by atoms with Crippen LogP contribution in [0.15, 0.2) is 41.2 Å². The maximum Gasteiger partial charge on any atom is 0.438 e. The summed E-state index contributed by atoms with van der Waals surface area (Å²) in [5, 5.41) is 0. The lowest BCUT2D eigenvalue weighted by molar-refractivity contribution is -0.142. The van der Waals surface area contributed by atoms with Crippen LogP contribution in [-0.2, 0) is 17.5 Å². The Hall–Kier alpha value is -3.36. The molecule has 3 rings (SSSR count). The Labute approximate surface area is 183 Å². The predicted molar refractivity (Wildman–Crippen MR) is 116 cm³/mol. The molecule has 0 unspecified atom stereocenters. The van der Waals surface area contributed by atoms with Crippen molar-refractivity contribution in [3.63, 3.8) is 0 Å². The number of halogens is 3. The zero-order valence-electron chi connectivity index (χ0n) is 18.3. The maximum atomic E-state index is 13.5. The molecule has 170 valence electrons. The number of rotatable bonds is 6. The Kier molecular flexibility index (Phi) is 6.57. The van der Waals surface area contributed by atoms with Crippen molar-refractivity contribution in [3.8, 4) is 5.75 Å². The molecular weight excluding hydrogens is 423 g/mol. The molecule has 0 bridgehead atoms. The van der Waals surface area contributed by atoms with E-state index in [2.05, 4.69) is 4.98 Å². The van der Waals surface area contributed by atoms with E-state index >= 15 is 0 Å². The highest BCUT2D eigenvalue weighted by Gasteiger charge is 2.37. The third-order valence-corrected chi connectivity index (χ3v) is 5.20. The van der Waals surface area contributed by atoms with Gasteiger partial charge in [-0.25, -0.2) is 4.98 Å². The van der Waals surface area contributed by atoms with Crippen LogP contribution in [0.2, 0.25) is 0 Å². The minimum atomic E-state index is -4.94. The number of carbonyl (C=O) groups excluding carboxylic acids is 1. The minimum absolute atomic E-state index is 0.0111. The van der Waals surface area contributed by atoms with Crippen LogP contribution in [0, 0.1) is 13.8 Å². The Morgan fingerprint density at radius 3 is 2.28 bits per heavy atom. The molecular formula is C23H24F3N3O3. The molecule has 0 saturated heterocycles. The highest BCUT2D eigenvalue weighted by Crippen LogP contribution is 2.27. The van der Waals surface area contributed by atoms with Gasteiger partial charge in [0.25, 0.3) is 5.56 Å². The van der Waals surface area contributed by atoms with Gasteiger partial charge in [0.15, 0.2) is 0 Å². The fraction of sp³-hybridized carbons (Fsp3) is 0.348. The summed E-state index contributed by atoms with van der Waals surface area (Å²) in [6.07, 6.45) is -4.94. The molecule has 0 aliphatic rings. The standard InChI is InChI=1S/C23H24F3N3O3/c1-5-28(16-7-9-17(10-8-16)32-6-2)20(30)13-29-19-12-15(4)14(3)11-18(19)27-21(22(29)31)23(24,25)26/h7-12H,5-6,13H2,1-4H3. The molecule has 3 aromatic rings. The van der Waals surface area contributed by atoms with Crippen LogP contribution in [0.5, 0.6) is 5.75 Å². The van der Waals surface area contributed by atoms with E-state index in [0.717, 1.165) is 15.7 Å². The van der Waals surface area contributed by atoms with Crippen molar-refractivity contribution in [2.75, 3.05) is 18.1 Å². The molecule has 9 heteroatoms. The lowest BCUT2D eigenvalue weighted by Crippen LogP contribution is -2.39. The third kappa shape index (κ3) is 4.61. The average molecular weight is 447 g/mol. The summed E-state index contributed by atoms with van der Waals surface area (Å²) in [4.78, 5) is 30.8. The molecule has 0 N–H and O–H groups in total. The third-order valence-electron chi connectivity index (χ3n) is 5.20. The van der Waals surface area contributed by atoms with E-state index in [-0.39, 0.29) is 17.6 Å². The van der Waals surface area contributed by atoms with Crippen molar-refractivity contribution in [2.24, 2.45) is 0 Å². The minimum Gasteiger partial charge on any atom is -0.494 e. The number of alkyl halides is 3. The van der Waals surface area contributed by atoms with E-state index in [1.54, 1.807) is 51.1 Å². The molecule has 0 fully saturated rings. The number of ether oxygens (including phenoxy) is 1. The van der Waals surface area contributed by atoms with Crippen LogP contribution >= 0.6 is 0 Å². The lowest BCUT2D eigenvalue weighted by Gasteiger charge is -2.23. The van der Waals surface area contributed by atoms with Crippen molar-refractivity contribution in [1.82, 2.24) is 9.55 Å². The summed E-state index contributed by atoms with van der Waals surface area (Å²) in [5.74, 6) is 0.120. The monoisotopic (exact) mass is 447 g/mol. The normalized spacial score (nSPS) is 11.6. The molecule has 0 saturated carbocycles. The van der Waals surface area contributed by atoms with Gasteiger partial charge in [-0.15, -0.1) is 0 Å². The van der Waals surface area contributed by atoms with Crippen LogP contribution < -0.4 is 15.2 Å². The van der Waals surface area contributed by atoms with Crippen LogP contribution in [0.3, 0.4) is 0 Å². The molecule has 32 heavy (non-hydrogen) atoms. The number of hydrogen-bond acceptors (Lipinski definition) is 4. The van der Waals surface area contributed by atoms with Gasteiger partial charge in [-0.1, -0.05) is 0 Å². The highest BCUT2D eigenvalue weighted by atomic mass is 19.4. The van der Waals surface area contributed by atoms with E-state index in [4.69, 9.17) is 4.74 Å². The lowest BCUT2D eigenvalue weighted by atomic mass is 10.1. The molecule has 1 heterocycles. The van der Waals surface area contributed by atoms with Crippen LogP contribution in [0.1, 0.15) is 30.7 Å². The summed E-state index contributed by atoms with van der Waals surface area (Å²) >= 11 is 0. The van der Waals surface area contributed by atoms with Crippen LogP contribution in [0.25, 0.3) is 11.0 Å². The van der Waals surface area contributed by atoms with E-state index in [0.29, 0.717) is 18.0 Å². The molecule has 1 amide bonds. The average Bonchev–Trinajstić information content (AvgIpc) is 2.72. The number of nitrogens with zero attached hydrogens (tertiary/aromatic N) is 3. The van der Waals surface area contributed by atoms with E-state index in [1.807, 2.05) is 6.92 Å². The molecule has 2 aromatic carbocycles. The summed E-state index contributed by atoms with van der Waals surface area (Å²) in [6, 6.07) is 9.86. The Morgan fingerprint density at radius 1 is 1.09 bits per heavy atom. The second-order valence-corrected chi connectivity index (χ2v) is 7.34. The van der Waals surface area contributed by atoms with Crippen molar-refractivity contribution < 1.29 is 22.7 Å². The van der Waals surface area contributed by atoms with Gasteiger partial charge in [0.2, 0.25) is 11.6 Å². The fourth-order valence-electron chi connectivity index (χ4n) is 3.45. The first-order valence-electron chi connectivity index (χ1n) is 10.2. The second-order valence-electron chi connectivity index (χ2n) is 7.34. The summed E-state index contributed by atoms with van der Waals surface area (Å²) < 4.78 is 46.7. The Morgan fingerprint density at radius 2 is 1.72 bits per heavy atom. The van der Waals surface area contributed by atoms with Gasteiger partial charge in [0.05, 0.1) is 17.6 Å². The van der Waals surface area contributed by atoms with Crippen molar-refractivity contribution in [1.29, 1.82) is 0 Å². The van der Waals surface area contributed by atoms with Crippen molar-refractivity contribution in [3.05, 3.63) is 63.6 Å². The second kappa shape index (κ2) is 9.02. The van der Waals surface area contributed by atoms with Gasteiger partial charge in [0, 0.05) is 12.2 Å². The van der Waals surface area contributed by atoms with Crippen LogP contribution in [-0.4, -0.2) is 28.6 Å². The molecule has 0 spiro atoms. The first-order valence-corrected chi connectivity index (χ1v) is 10.2. The fourth-order valence-corrected chi connectivity index (χ4v) is 3.45. The summed E-state index contributed by atoms with van der Waals surface area (Å²) in [7, 11) is 0. The first-order chi connectivity index (χ1) is 15.1. The number of carbonyl (C=O) groups is 1. The van der Waals surface area contributed by atoms with Crippen LogP contribution in [0.4, 0.5) is 18.9 Å². The number of benzene rings is 2. The van der Waals surface area contributed by atoms with E-state index in [1.165, 1.54) is 11.0 Å². The topological polar surface area (TPSA) is 64.4 Å². The van der Waals surface area contributed by atoms with Gasteiger partial charge in [-0.05, 0) is 75.2 Å². The zero-order chi connectivity index (χ0) is 23.6. The quantitative estimate of drug-likeness (QED) is 0.559. The van der Waals surface area contributed by atoms with Gasteiger partial charge in [-0.2, -0.15) is 13.2 Å². The van der Waals surface area contributed by atoms with Gasteiger partial charge >= 0.3 is 6.18 Å². The Bertz CT molecular complexity index is 1200. The summed E-state index contributed by atoms with van der Waals surface area (Å²) in [6.45, 7) is 7.34.